The lowest BCUT2D eigenvalue weighted by atomic mass is 9.97. The molecule has 3 N–H and O–H groups in total. The van der Waals surface area contributed by atoms with Crippen LogP contribution in [0.15, 0.2) is 59.6 Å². The normalized spacial score (nSPS) is 15.2. The number of anilines is 1. The summed E-state index contributed by atoms with van der Waals surface area (Å²) in [6.07, 6.45) is 3.41. The second-order valence-corrected chi connectivity index (χ2v) is 13.6. The lowest BCUT2D eigenvalue weighted by Gasteiger charge is -2.31. The predicted octanol–water partition coefficient (Wildman–Crippen LogP) is 4.88. The number of carbonyl (C=O) groups is 1. The Hall–Kier alpha value is -3.73. The minimum absolute atomic E-state index is 0.0132. The van der Waals surface area contributed by atoms with E-state index in [1.54, 1.807) is 6.20 Å². The fourth-order valence-corrected chi connectivity index (χ4v) is 7.81. The van der Waals surface area contributed by atoms with Crippen LogP contribution in [0.4, 0.5) is 5.69 Å². The number of sulfonamides is 1. The molecule has 3 aromatic carbocycles. The second-order valence-electron chi connectivity index (χ2n) is 11.9. The van der Waals surface area contributed by atoms with Gasteiger partial charge in [-0.3, -0.25) is 4.79 Å². The first-order valence-electron chi connectivity index (χ1n) is 14.8. The van der Waals surface area contributed by atoms with Crippen molar-refractivity contribution in [3.05, 3.63) is 82.5 Å². The molecule has 4 aromatic rings. The Morgan fingerprint density at radius 1 is 1.02 bits per heavy atom. The van der Waals surface area contributed by atoms with Gasteiger partial charge in [0.1, 0.15) is 0 Å². The van der Waals surface area contributed by atoms with Gasteiger partial charge >= 0.3 is 0 Å². The summed E-state index contributed by atoms with van der Waals surface area (Å²) >= 11 is 0. The maximum atomic E-state index is 13.3. The number of aromatic nitrogens is 2. The van der Waals surface area contributed by atoms with Crippen LogP contribution in [0.5, 0.6) is 0 Å². The van der Waals surface area contributed by atoms with Gasteiger partial charge in [0.05, 0.1) is 22.3 Å². The lowest BCUT2D eigenvalue weighted by Crippen LogP contribution is -2.39. The van der Waals surface area contributed by atoms with E-state index >= 15 is 0 Å². The lowest BCUT2D eigenvalue weighted by molar-refractivity contribution is 0.0651. The van der Waals surface area contributed by atoms with Crippen LogP contribution in [0, 0.1) is 33.6 Å². The number of benzene rings is 3. The summed E-state index contributed by atoms with van der Waals surface area (Å²) in [4.78, 5) is 15.4. The number of hydrogen-bond donors (Lipinski definition) is 3. The van der Waals surface area contributed by atoms with E-state index in [9.17, 15) is 18.3 Å². The van der Waals surface area contributed by atoms with E-state index in [0.717, 1.165) is 57.4 Å². The summed E-state index contributed by atoms with van der Waals surface area (Å²) < 4.78 is 31.2. The Balaban J connectivity index is 1.33. The Morgan fingerprint density at radius 2 is 1.70 bits per heavy atom. The molecule has 0 radical (unpaired) electrons. The van der Waals surface area contributed by atoms with E-state index < -0.39 is 10.0 Å². The van der Waals surface area contributed by atoms with E-state index in [2.05, 4.69) is 21.2 Å². The zero-order valence-electron chi connectivity index (χ0n) is 25.5. The van der Waals surface area contributed by atoms with E-state index in [-0.39, 0.29) is 24.5 Å². The fourth-order valence-electron chi connectivity index (χ4n) is 6.11. The number of likely N-dealkylation sites (tertiary alicyclic amines) is 1. The number of carbonyl (C=O) groups excluding carboxylic acids is 1. The molecule has 1 aromatic heterocycles. The number of fused-ring (bicyclic) bond motifs is 1. The van der Waals surface area contributed by atoms with E-state index in [4.69, 9.17) is 0 Å². The smallest absolute Gasteiger partial charge is 0.253 e. The number of aliphatic hydroxyl groups excluding tert-OH is 1. The first-order chi connectivity index (χ1) is 20.5. The van der Waals surface area contributed by atoms with Crippen molar-refractivity contribution in [1.29, 1.82) is 0 Å². The molecule has 228 valence electrons. The SMILES string of the molecule is Cc1cc(C)c(S(=O)(=O)NC(C)CNc2cc(C)cc3c2cnn3-c2cccc(C(=O)N3CCC(CO)CC3)c2)c(C)c1. The maximum absolute atomic E-state index is 13.3. The van der Waals surface area contributed by atoms with Crippen LogP contribution >= 0.6 is 0 Å². The number of piperidine rings is 1. The highest BCUT2D eigenvalue weighted by molar-refractivity contribution is 7.89. The molecule has 0 saturated carbocycles. The van der Waals surface area contributed by atoms with Crippen molar-refractivity contribution in [3.63, 3.8) is 0 Å². The van der Waals surface area contributed by atoms with Crippen molar-refractivity contribution in [2.45, 2.75) is 58.4 Å². The zero-order valence-corrected chi connectivity index (χ0v) is 26.3. The molecule has 0 bridgehead atoms. The van der Waals surface area contributed by atoms with Crippen molar-refractivity contribution in [3.8, 4) is 5.69 Å². The second kappa shape index (κ2) is 12.5. The van der Waals surface area contributed by atoms with Crippen molar-refractivity contribution < 1.29 is 18.3 Å². The summed E-state index contributed by atoms with van der Waals surface area (Å²) in [7, 11) is -3.70. The third-order valence-electron chi connectivity index (χ3n) is 8.16. The third kappa shape index (κ3) is 6.61. The standard InChI is InChI=1S/C33H41N5O4S/c1-21-13-23(3)32(24(4)14-21)43(41,42)36-25(5)18-34-30-15-22(2)16-31-29(30)19-35-38(31)28-8-6-7-27(17-28)33(40)37-11-9-26(20-39)10-12-37/h6-8,13-17,19,25-26,34,36,39H,9-12,18,20H2,1-5H3. The Kier molecular flexibility index (Phi) is 8.91. The Morgan fingerprint density at radius 3 is 2.37 bits per heavy atom. The fraction of sp³-hybridized carbons (Fsp3) is 0.394. The van der Waals surface area contributed by atoms with Gasteiger partial charge in [-0.15, -0.1) is 0 Å². The van der Waals surface area contributed by atoms with E-state index in [1.165, 1.54) is 0 Å². The summed E-state index contributed by atoms with van der Waals surface area (Å²) in [5, 5.41) is 18.4. The molecule has 1 unspecified atom stereocenters. The van der Waals surface area contributed by atoms with Gasteiger partial charge in [-0.2, -0.15) is 5.10 Å². The largest absolute Gasteiger partial charge is 0.396 e. The maximum Gasteiger partial charge on any atom is 0.253 e. The Bertz CT molecular complexity index is 1730. The monoisotopic (exact) mass is 603 g/mol. The number of aliphatic hydroxyl groups is 1. The average molecular weight is 604 g/mol. The molecule has 1 aliphatic heterocycles. The van der Waals surface area contributed by atoms with Crippen LogP contribution in [0.2, 0.25) is 0 Å². The first kappa shape index (κ1) is 30.7. The van der Waals surface area contributed by atoms with Crippen molar-refractivity contribution in [1.82, 2.24) is 19.4 Å². The van der Waals surface area contributed by atoms with Crippen LogP contribution in [-0.4, -0.2) is 66.4 Å². The number of hydrogen-bond acceptors (Lipinski definition) is 6. The highest BCUT2D eigenvalue weighted by atomic mass is 32.2. The molecular weight excluding hydrogens is 562 g/mol. The number of nitrogens with one attached hydrogen (secondary N) is 2. The Labute approximate surface area is 254 Å². The molecule has 9 nitrogen and oxygen atoms in total. The highest BCUT2D eigenvalue weighted by Gasteiger charge is 2.24. The molecule has 1 atom stereocenters. The molecule has 43 heavy (non-hydrogen) atoms. The van der Waals surface area contributed by atoms with Gasteiger partial charge < -0.3 is 15.3 Å². The van der Waals surface area contributed by atoms with Crippen molar-refractivity contribution in [2.24, 2.45) is 5.92 Å². The van der Waals surface area contributed by atoms with Gasteiger partial charge in [-0.25, -0.2) is 17.8 Å². The molecule has 5 rings (SSSR count). The van der Waals surface area contributed by atoms with Gasteiger partial charge in [0.2, 0.25) is 10.0 Å². The van der Waals surface area contributed by atoms with Crippen LogP contribution in [0.3, 0.4) is 0 Å². The number of amides is 1. The molecule has 0 spiro atoms. The first-order valence-corrected chi connectivity index (χ1v) is 16.3. The number of aryl methyl sites for hydroxylation is 4. The molecule has 1 fully saturated rings. The molecule has 10 heteroatoms. The van der Waals surface area contributed by atoms with Gasteiger partial charge in [0.25, 0.3) is 5.91 Å². The number of nitrogens with zero attached hydrogens (tertiary/aromatic N) is 3. The molecule has 0 aliphatic carbocycles. The highest BCUT2D eigenvalue weighted by Crippen LogP contribution is 2.29. The summed E-state index contributed by atoms with van der Waals surface area (Å²) in [6, 6.07) is 15.0. The van der Waals surface area contributed by atoms with Gasteiger partial charge in [0.15, 0.2) is 0 Å². The van der Waals surface area contributed by atoms with Gasteiger partial charge in [-0.1, -0.05) is 23.8 Å². The van der Waals surface area contributed by atoms with Gasteiger partial charge in [-0.05, 0) is 100 Å². The molecule has 2 heterocycles. The quantitative estimate of drug-likeness (QED) is 0.251. The summed E-state index contributed by atoms with van der Waals surface area (Å²) in [5.41, 5.74) is 6.65. The summed E-state index contributed by atoms with van der Waals surface area (Å²) in [6.45, 7) is 11.3. The summed E-state index contributed by atoms with van der Waals surface area (Å²) in [5.74, 6) is 0.252. The molecule has 1 aliphatic rings. The number of rotatable bonds is 9. The van der Waals surface area contributed by atoms with Gasteiger partial charge in [0, 0.05) is 48.9 Å². The minimum Gasteiger partial charge on any atom is -0.396 e. The van der Waals surface area contributed by atoms with Crippen LogP contribution < -0.4 is 10.0 Å². The van der Waals surface area contributed by atoms with Crippen LogP contribution in [0.1, 0.15) is 52.4 Å². The topological polar surface area (TPSA) is 117 Å². The van der Waals surface area contributed by atoms with Crippen molar-refractivity contribution >= 4 is 32.5 Å². The molecule has 1 amide bonds. The minimum atomic E-state index is -3.70. The van der Waals surface area contributed by atoms with Crippen LogP contribution in [0.25, 0.3) is 16.6 Å². The average Bonchev–Trinajstić information content (AvgIpc) is 3.38. The van der Waals surface area contributed by atoms with E-state index in [1.807, 2.05) is 86.7 Å². The molecule has 1 saturated heterocycles. The zero-order chi connectivity index (χ0) is 30.9. The molecular formula is C33H41N5O4S. The third-order valence-corrected chi connectivity index (χ3v) is 10.1. The predicted molar refractivity (Wildman–Crippen MR) is 170 cm³/mol. The van der Waals surface area contributed by atoms with Crippen molar-refractivity contribution in [2.75, 3.05) is 31.6 Å². The van der Waals surface area contributed by atoms with E-state index in [0.29, 0.717) is 30.1 Å². The van der Waals surface area contributed by atoms with Crippen LogP contribution in [-0.2, 0) is 10.0 Å².